The fourth-order valence-electron chi connectivity index (χ4n) is 2.01. The molecule has 0 aliphatic heterocycles. The number of nitrogens with zero attached hydrogens (tertiary/aromatic N) is 2. The van der Waals surface area contributed by atoms with Crippen LogP contribution < -0.4 is 0 Å². The van der Waals surface area contributed by atoms with Crippen LogP contribution in [0.3, 0.4) is 0 Å². The van der Waals surface area contributed by atoms with Gasteiger partial charge in [0.2, 0.25) is 5.41 Å². The number of aromatic nitrogens is 1. The van der Waals surface area contributed by atoms with Crippen molar-refractivity contribution in [3.63, 3.8) is 0 Å². The van der Waals surface area contributed by atoms with E-state index in [4.69, 9.17) is 5.26 Å². The second-order valence-electron chi connectivity index (χ2n) is 3.84. The van der Waals surface area contributed by atoms with E-state index in [1.807, 2.05) is 0 Å². The lowest BCUT2D eigenvalue weighted by atomic mass is 9.73. The van der Waals surface area contributed by atoms with Crippen molar-refractivity contribution in [2.75, 3.05) is 7.11 Å². The van der Waals surface area contributed by atoms with Crippen molar-refractivity contribution >= 4 is 11.8 Å². The van der Waals surface area contributed by atoms with Gasteiger partial charge >= 0.3 is 5.97 Å². The molecule has 5 nitrogen and oxygen atoms in total. The average molecular weight is 230 g/mol. The van der Waals surface area contributed by atoms with Crippen molar-refractivity contribution in [1.29, 1.82) is 5.26 Å². The first kappa shape index (κ1) is 11.3. The number of carbonyl (C=O) groups excluding carboxylic acids is 2. The monoisotopic (exact) mass is 230 g/mol. The maximum atomic E-state index is 12.2. The minimum Gasteiger partial charge on any atom is -0.467 e. The Morgan fingerprint density at radius 1 is 1.65 bits per heavy atom. The third-order valence-corrected chi connectivity index (χ3v) is 2.98. The fraction of sp³-hybridized carbons (Fsp3) is 0.333. The summed E-state index contributed by atoms with van der Waals surface area (Å²) in [6, 6.07) is 5.00. The zero-order chi connectivity index (χ0) is 12.5. The Kier molecular flexibility index (Phi) is 2.64. The first-order valence-electron chi connectivity index (χ1n) is 5.14. The van der Waals surface area contributed by atoms with E-state index >= 15 is 0 Å². The van der Waals surface area contributed by atoms with Crippen molar-refractivity contribution in [3.8, 4) is 6.07 Å². The highest BCUT2D eigenvalue weighted by Crippen LogP contribution is 2.35. The minimum atomic E-state index is -1.70. The van der Waals surface area contributed by atoms with E-state index in [1.54, 1.807) is 24.4 Å². The largest absolute Gasteiger partial charge is 0.467 e. The van der Waals surface area contributed by atoms with Crippen LogP contribution in [0.5, 0.6) is 0 Å². The van der Waals surface area contributed by atoms with Crippen molar-refractivity contribution in [1.82, 2.24) is 4.98 Å². The molecule has 1 aromatic heterocycles. The molecule has 1 unspecified atom stereocenters. The first-order chi connectivity index (χ1) is 8.15. The van der Waals surface area contributed by atoms with Gasteiger partial charge in [0.15, 0.2) is 5.78 Å². The average Bonchev–Trinajstić information content (AvgIpc) is 2.39. The second-order valence-corrected chi connectivity index (χ2v) is 3.84. The topological polar surface area (TPSA) is 80.1 Å². The molecule has 0 fully saturated rings. The predicted octanol–water partition coefficient (Wildman–Crippen LogP) is 0.893. The number of fused-ring (bicyclic) bond motifs is 1. The number of methoxy groups -OCH3 is 1. The number of hydrogen-bond acceptors (Lipinski definition) is 5. The van der Waals surface area contributed by atoms with Crippen LogP contribution in [-0.4, -0.2) is 23.8 Å². The first-order valence-corrected chi connectivity index (χ1v) is 5.14. The Morgan fingerprint density at radius 3 is 3.06 bits per heavy atom. The van der Waals surface area contributed by atoms with Crippen LogP contribution in [0.2, 0.25) is 0 Å². The van der Waals surface area contributed by atoms with Crippen molar-refractivity contribution in [2.45, 2.75) is 12.8 Å². The van der Waals surface area contributed by atoms with E-state index in [-0.39, 0.29) is 6.42 Å². The number of carbonyl (C=O) groups is 2. The molecule has 0 radical (unpaired) electrons. The van der Waals surface area contributed by atoms with E-state index in [0.717, 1.165) is 0 Å². The number of Topliss-reactive ketones (excluding diaryl/α,β-unsaturated/α-hetero) is 1. The molecule has 17 heavy (non-hydrogen) atoms. The molecule has 2 rings (SSSR count). The quantitative estimate of drug-likeness (QED) is 0.528. The zero-order valence-electron chi connectivity index (χ0n) is 9.27. The van der Waals surface area contributed by atoms with Gasteiger partial charge in [-0.1, -0.05) is 0 Å². The zero-order valence-corrected chi connectivity index (χ0v) is 9.27. The Bertz CT molecular complexity index is 533. The molecule has 0 amide bonds. The summed E-state index contributed by atoms with van der Waals surface area (Å²) in [5.41, 5.74) is -0.733. The third kappa shape index (κ3) is 1.49. The van der Waals surface area contributed by atoms with Gasteiger partial charge in [-0.2, -0.15) is 5.26 Å². The Balaban J connectivity index is 2.54. The van der Waals surface area contributed by atoms with E-state index in [0.29, 0.717) is 17.7 Å². The summed E-state index contributed by atoms with van der Waals surface area (Å²) in [5, 5.41) is 9.15. The highest BCUT2D eigenvalue weighted by Gasteiger charge is 2.50. The molecular weight excluding hydrogens is 220 g/mol. The third-order valence-electron chi connectivity index (χ3n) is 2.98. The van der Waals surface area contributed by atoms with Crippen LogP contribution in [0.1, 0.15) is 22.5 Å². The molecule has 0 aromatic carbocycles. The van der Waals surface area contributed by atoms with Crippen molar-refractivity contribution < 1.29 is 14.3 Å². The lowest BCUT2D eigenvalue weighted by Gasteiger charge is -2.27. The minimum absolute atomic E-state index is 0.124. The van der Waals surface area contributed by atoms with Gasteiger partial charge < -0.3 is 4.74 Å². The smallest absolute Gasteiger partial charge is 0.334 e. The van der Waals surface area contributed by atoms with Crippen LogP contribution in [0.25, 0.3) is 0 Å². The number of esters is 1. The highest BCUT2D eigenvalue weighted by atomic mass is 16.5. The second kappa shape index (κ2) is 3.98. The molecule has 1 atom stereocenters. The van der Waals surface area contributed by atoms with E-state index < -0.39 is 17.2 Å². The molecule has 0 bridgehead atoms. The molecule has 1 aliphatic rings. The Hall–Kier alpha value is -2.22. The summed E-state index contributed by atoms with van der Waals surface area (Å²) in [6.45, 7) is 0. The van der Waals surface area contributed by atoms with Crippen molar-refractivity contribution in [2.24, 2.45) is 5.41 Å². The predicted molar refractivity (Wildman–Crippen MR) is 57.0 cm³/mol. The summed E-state index contributed by atoms with van der Waals surface area (Å²) < 4.78 is 4.57. The Labute approximate surface area is 98.0 Å². The van der Waals surface area contributed by atoms with Gasteiger partial charge in [-0.25, -0.2) is 4.79 Å². The van der Waals surface area contributed by atoms with Crippen LogP contribution in [0, 0.1) is 16.7 Å². The molecule has 1 aliphatic carbocycles. The molecule has 0 spiro atoms. The maximum absolute atomic E-state index is 12.2. The Morgan fingerprint density at radius 2 is 2.41 bits per heavy atom. The molecule has 0 N–H and O–H groups in total. The summed E-state index contributed by atoms with van der Waals surface area (Å²) in [6.07, 6.45) is 2.13. The summed E-state index contributed by atoms with van der Waals surface area (Å²) >= 11 is 0. The van der Waals surface area contributed by atoms with Gasteiger partial charge in [0.05, 0.1) is 18.9 Å². The van der Waals surface area contributed by atoms with E-state index in [9.17, 15) is 9.59 Å². The lowest BCUT2D eigenvalue weighted by Crippen LogP contribution is -2.42. The summed E-state index contributed by atoms with van der Waals surface area (Å²) in [7, 11) is 1.17. The van der Waals surface area contributed by atoms with Gasteiger partial charge in [0, 0.05) is 11.8 Å². The number of ketones is 1. The molecule has 5 heteroatoms. The summed E-state index contributed by atoms with van der Waals surface area (Å²) in [4.78, 5) is 27.9. The molecule has 0 saturated heterocycles. The molecule has 0 saturated carbocycles. The van der Waals surface area contributed by atoms with Crippen molar-refractivity contribution in [3.05, 3.63) is 29.6 Å². The van der Waals surface area contributed by atoms with Gasteiger partial charge in [0.25, 0.3) is 0 Å². The van der Waals surface area contributed by atoms with Gasteiger partial charge in [-0.05, 0) is 25.0 Å². The van der Waals surface area contributed by atoms with Crippen LogP contribution in [-0.2, 0) is 16.0 Å². The van der Waals surface area contributed by atoms with Gasteiger partial charge in [-0.15, -0.1) is 0 Å². The van der Waals surface area contributed by atoms with E-state index in [1.165, 1.54) is 7.11 Å². The fourth-order valence-corrected chi connectivity index (χ4v) is 2.01. The van der Waals surface area contributed by atoms with Crippen LogP contribution in [0.4, 0.5) is 0 Å². The molecule has 1 heterocycles. The molecule has 1 aromatic rings. The van der Waals surface area contributed by atoms with Crippen LogP contribution >= 0.6 is 0 Å². The number of pyridine rings is 1. The SMILES string of the molecule is COC(=O)C1(C#N)CCc2ncccc2C1=O. The van der Waals surface area contributed by atoms with Gasteiger partial charge in [-0.3, -0.25) is 9.78 Å². The number of rotatable bonds is 1. The van der Waals surface area contributed by atoms with E-state index in [2.05, 4.69) is 9.72 Å². The van der Waals surface area contributed by atoms with Gasteiger partial charge in [0.1, 0.15) is 0 Å². The number of ether oxygens (including phenoxy) is 1. The lowest BCUT2D eigenvalue weighted by molar-refractivity contribution is -0.147. The van der Waals surface area contributed by atoms with Crippen LogP contribution in [0.15, 0.2) is 18.3 Å². The molecular formula is C12H10N2O3. The number of aryl methyl sites for hydroxylation is 1. The normalized spacial score (nSPS) is 22.5. The highest BCUT2D eigenvalue weighted by molar-refractivity contribution is 6.16. The number of hydrogen-bond donors (Lipinski definition) is 0. The maximum Gasteiger partial charge on any atom is 0.334 e. The molecule has 86 valence electrons. The standard InChI is InChI=1S/C12H10N2O3/c1-17-11(16)12(7-13)5-4-9-8(10(12)15)3-2-6-14-9/h2-3,6H,4-5H2,1H3. The number of nitriles is 1. The summed E-state index contributed by atoms with van der Waals surface area (Å²) in [5.74, 6) is -1.30.